The number of halogens is 2. The average Bonchev–Trinajstić information content (AvgIpc) is 2.83. The topological polar surface area (TPSA) is 172 Å². The van der Waals surface area contributed by atoms with E-state index in [1.165, 1.54) is 41.0 Å². The number of hydrogen-bond acceptors (Lipinski definition) is 9. The number of nitrogens with two attached hydrogens (primary N) is 2. The van der Waals surface area contributed by atoms with Gasteiger partial charge in [-0.15, -0.1) is 0 Å². The lowest BCUT2D eigenvalue weighted by molar-refractivity contribution is 0.151. The molecule has 0 amide bonds. The van der Waals surface area contributed by atoms with E-state index < -0.39 is 12.0 Å². The molecular formula is C23H17F2N9O. The molecule has 0 unspecified atom stereocenters. The van der Waals surface area contributed by atoms with E-state index in [1.807, 2.05) is 12.1 Å². The van der Waals surface area contributed by atoms with Crippen LogP contribution in [0.15, 0.2) is 47.3 Å². The SMILES string of the molecule is N#Cc1c(N)nc(N)nc1NCCc1nc2c(C#N)cccc2c(=O)n1-c1cccc(C(F)F)c1. The van der Waals surface area contributed by atoms with E-state index in [0.717, 1.165) is 0 Å². The van der Waals surface area contributed by atoms with Crippen LogP contribution >= 0.6 is 0 Å². The van der Waals surface area contributed by atoms with Crippen LogP contribution in [-0.4, -0.2) is 26.1 Å². The molecule has 4 rings (SSSR count). The zero-order chi connectivity index (χ0) is 25.1. The molecule has 0 aliphatic rings. The Hall–Kier alpha value is -5.10. The van der Waals surface area contributed by atoms with Crippen molar-refractivity contribution in [3.05, 3.63) is 75.3 Å². The summed E-state index contributed by atoms with van der Waals surface area (Å²) in [4.78, 5) is 25.7. The van der Waals surface area contributed by atoms with Gasteiger partial charge in [-0.25, -0.2) is 13.8 Å². The predicted octanol–water partition coefficient (Wildman–Crippen LogP) is 2.68. The molecule has 0 aliphatic carbocycles. The van der Waals surface area contributed by atoms with Gasteiger partial charge in [0.05, 0.1) is 22.2 Å². The molecule has 0 aliphatic heterocycles. The van der Waals surface area contributed by atoms with Crippen molar-refractivity contribution in [2.45, 2.75) is 12.8 Å². The third-order valence-electron chi connectivity index (χ3n) is 5.18. The second-order valence-electron chi connectivity index (χ2n) is 7.36. The number of alkyl halides is 2. The van der Waals surface area contributed by atoms with E-state index in [4.69, 9.17) is 11.5 Å². The summed E-state index contributed by atoms with van der Waals surface area (Å²) in [6.07, 6.45) is -2.63. The van der Waals surface area contributed by atoms with Gasteiger partial charge in [0.2, 0.25) is 5.95 Å². The molecule has 5 N–H and O–H groups in total. The molecule has 10 nitrogen and oxygen atoms in total. The zero-order valence-electron chi connectivity index (χ0n) is 18.0. The van der Waals surface area contributed by atoms with E-state index in [0.29, 0.717) is 0 Å². The maximum absolute atomic E-state index is 13.4. The van der Waals surface area contributed by atoms with Gasteiger partial charge in [0.1, 0.15) is 29.3 Å². The van der Waals surface area contributed by atoms with E-state index in [1.54, 1.807) is 6.07 Å². The summed E-state index contributed by atoms with van der Waals surface area (Å²) < 4.78 is 27.9. The summed E-state index contributed by atoms with van der Waals surface area (Å²) in [5.74, 6) is 0.0835. The molecule has 0 spiro atoms. The standard InChI is InChI=1S/C23H17F2N9O/c24-19(25)12-3-1-5-14(9-12)34-17(31-18-13(10-26)4-2-6-15(18)22(34)35)7-8-30-21-16(11-27)20(28)32-23(29)33-21/h1-6,9,19H,7-8H2,(H5,28,29,30,32,33). The molecule has 2 heterocycles. The Labute approximate surface area is 197 Å². The lowest BCUT2D eigenvalue weighted by Gasteiger charge is -2.16. The Morgan fingerprint density at radius 1 is 1.06 bits per heavy atom. The van der Waals surface area contributed by atoms with Gasteiger partial charge < -0.3 is 16.8 Å². The number of nitrogen functional groups attached to an aromatic ring is 2. The maximum Gasteiger partial charge on any atom is 0.266 e. The van der Waals surface area contributed by atoms with Crippen LogP contribution in [0.25, 0.3) is 16.6 Å². The monoisotopic (exact) mass is 473 g/mol. The first-order chi connectivity index (χ1) is 16.8. The number of hydrogen-bond donors (Lipinski definition) is 3. The lowest BCUT2D eigenvalue weighted by Crippen LogP contribution is -2.26. The predicted molar refractivity (Wildman–Crippen MR) is 125 cm³/mol. The molecule has 35 heavy (non-hydrogen) atoms. The van der Waals surface area contributed by atoms with Gasteiger partial charge in [-0.1, -0.05) is 18.2 Å². The smallest absolute Gasteiger partial charge is 0.266 e. The van der Waals surface area contributed by atoms with E-state index >= 15 is 0 Å². The minimum atomic E-state index is -2.73. The molecule has 174 valence electrons. The molecule has 0 atom stereocenters. The van der Waals surface area contributed by atoms with E-state index in [2.05, 4.69) is 20.3 Å². The zero-order valence-corrected chi connectivity index (χ0v) is 18.0. The van der Waals surface area contributed by atoms with Crippen LogP contribution in [-0.2, 0) is 6.42 Å². The van der Waals surface area contributed by atoms with Crippen molar-refractivity contribution in [3.63, 3.8) is 0 Å². The first-order valence-corrected chi connectivity index (χ1v) is 10.2. The molecule has 0 bridgehead atoms. The van der Waals surface area contributed by atoms with Crippen LogP contribution < -0.4 is 22.3 Å². The summed E-state index contributed by atoms with van der Waals surface area (Å²) >= 11 is 0. The molecule has 0 saturated heterocycles. The molecule has 4 aromatic rings. The number of benzene rings is 2. The number of nitrogens with one attached hydrogen (secondary N) is 1. The fourth-order valence-corrected chi connectivity index (χ4v) is 3.60. The molecule has 0 fully saturated rings. The summed E-state index contributed by atoms with van der Waals surface area (Å²) in [5, 5.41) is 21.9. The Morgan fingerprint density at radius 3 is 2.54 bits per heavy atom. The third kappa shape index (κ3) is 4.41. The number of rotatable bonds is 6. The highest BCUT2D eigenvalue weighted by molar-refractivity contribution is 5.83. The number of fused-ring (bicyclic) bond motifs is 1. The van der Waals surface area contributed by atoms with Crippen LogP contribution in [0.2, 0.25) is 0 Å². The summed E-state index contributed by atoms with van der Waals surface area (Å²) in [6.45, 7) is 0.117. The van der Waals surface area contributed by atoms with Crippen LogP contribution in [0.5, 0.6) is 0 Å². The number of nitriles is 2. The number of aromatic nitrogens is 4. The molecule has 2 aromatic heterocycles. The quantitative estimate of drug-likeness (QED) is 0.380. The highest BCUT2D eigenvalue weighted by Crippen LogP contribution is 2.23. The second kappa shape index (κ2) is 9.41. The van der Waals surface area contributed by atoms with Gasteiger partial charge in [-0.2, -0.15) is 20.5 Å². The molecule has 0 saturated carbocycles. The van der Waals surface area contributed by atoms with Crippen molar-refractivity contribution in [2.75, 3.05) is 23.3 Å². The van der Waals surface area contributed by atoms with Crippen LogP contribution in [0, 0.1) is 22.7 Å². The molecular weight excluding hydrogens is 456 g/mol. The maximum atomic E-state index is 13.4. The lowest BCUT2D eigenvalue weighted by atomic mass is 10.1. The largest absolute Gasteiger partial charge is 0.382 e. The minimum Gasteiger partial charge on any atom is -0.382 e. The fourth-order valence-electron chi connectivity index (χ4n) is 3.60. The summed E-state index contributed by atoms with van der Waals surface area (Å²) in [7, 11) is 0. The Balaban J connectivity index is 1.82. The van der Waals surface area contributed by atoms with Crippen molar-refractivity contribution in [3.8, 4) is 17.8 Å². The molecule has 2 aromatic carbocycles. The van der Waals surface area contributed by atoms with Gasteiger partial charge in [-0.05, 0) is 24.3 Å². The van der Waals surface area contributed by atoms with Crippen molar-refractivity contribution in [1.29, 1.82) is 10.5 Å². The van der Waals surface area contributed by atoms with Gasteiger partial charge in [0.25, 0.3) is 12.0 Å². The number of anilines is 3. The highest BCUT2D eigenvalue weighted by Gasteiger charge is 2.17. The Kier molecular flexibility index (Phi) is 6.20. The van der Waals surface area contributed by atoms with Gasteiger partial charge >= 0.3 is 0 Å². The van der Waals surface area contributed by atoms with Gasteiger partial charge in [0, 0.05) is 18.5 Å². The third-order valence-corrected chi connectivity index (χ3v) is 5.18. The van der Waals surface area contributed by atoms with Crippen molar-refractivity contribution < 1.29 is 8.78 Å². The summed E-state index contributed by atoms with van der Waals surface area (Å²) in [5.41, 5.74) is 11.2. The molecule has 12 heteroatoms. The summed E-state index contributed by atoms with van der Waals surface area (Å²) in [6, 6.07) is 13.9. The normalized spacial score (nSPS) is 10.8. The van der Waals surface area contributed by atoms with Crippen molar-refractivity contribution >= 4 is 28.5 Å². The minimum absolute atomic E-state index is 0.000498. The van der Waals surface area contributed by atoms with Crippen molar-refractivity contribution in [1.82, 2.24) is 19.5 Å². The highest BCUT2D eigenvalue weighted by atomic mass is 19.3. The average molecular weight is 473 g/mol. The van der Waals surface area contributed by atoms with Crippen LogP contribution in [0.3, 0.4) is 0 Å². The number of para-hydroxylation sites is 1. The molecule has 0 radical (unpaired) electrons. The van der Waals surface area contributed by atoms with E-state index in [-0.39, 0.29) is 69.7 Å². The second-order valence-corrected chi connectivity index (χ2v) is 7.36. The fraction of sp³-hybridized carbons (Fsp3) is 0.130. The Bertz CT molecular complexity index is 1590. The number of nitrogens with zero attached hydrogens (tertiary/aromatic N) is 6. The van der Waals surface area contributed by atoms with Gasteiger partial charge in [-0.3, -0.25) is 9.36 Å². The van der Waals surface area contributed by atoms with Crippen LogP contribution in [0.4, 0.5) is 26.4 Å². The van der Waals surface area contributed by atoms with Crippen LogP contribution in [0.1, 0.15) is 28.9 Å². The first kappa shape index (κ1) is 23.1. The van der Waals surface area contributed by atoms with E-state index in [9.17, 15) is 24.1 Å². The first-order valence-electron chi connectivity index (χ1n) is 10.2. The van der Waals surface area contributed by atoms with Gasteiger partial charge in [0.15, 0.2) is 5.82 Å². The van der Waals surface area contributed by atoms with Crippen molar-refractivity contribution in [2.24, 2.45) is 0 Å². The Morgan fingerprint density at radius 2 is 1.83 bits per heavy atom.